The van der Waals surface area contributed by atoms with Gasteiger partial charge in [-0.05, 0) is 12.1 Å². The lowest BCUT2D eigenvalue weighted by atomic mass is 10.3. The summed E-state index contributed by atoms with van der Waals surface area (Å²) in [6.45, 7) is 1.09. The van der Waals surface area contributed by atoms with Crippen LogP contribution in [0.15, 0.2) is 30.3 Å². The summed E-state index contributed by atoms with van der Waals surface area (Å²) in [5, 5.41) is 2.64. The van der Waals surface area contributed by atoms with Crippen molar-refractivity contribution >= 4 is 15.7 Å². The van der Waals surface area contributed by atoms with Gasteiger partial charge in [-0.25, -0.2) is 8.42 Å². The summed E-state index contributed by atoms with van der Waals surface area (Å²) in [5.74, 6) is 0. The maximum atomic E-state index is 11.6. The Morgan fingerprint density at radius 3 is 2.36 bits per heavy atom. The number of sulfonamides is 1. The SMILES string of the molecule is O=S(=O)(Nc1ccccc1)C1CNC1. The lowest BCUT2D eigenvalue weighted by molar-refractivity contribution is 0.498. The largest absolute Gasteiger partial charge is 0.314 e. The average Bonchev–Trinajstić information content (AvgIpc) is 2.00. The lowest BCUT2D eigenvalue weighted by Gasteiger charge is -2.27. The first-order valence-electron chi connectivity index (χ1n) is 4.46. The second-order valence-electron chi connectivity index (χ2n) is 3.29. The third-order valence-corrected chi connectivity index (χ3v) is 3.95. The van der Waals surface area contributed by atoms with Gasteiger partial charge in [0.05, 0.1) is 0 Å². The normalized spacial score (nSPS) is 17.4. The molecule has 0 radical (unpaired) electrons. The van der Waals surface area contributed by atoms with Crippen LogP contribution in [0.3, 0.4) is 0 Å². The van der Waals surface area contributed by atoms with Gasteiger partial charge in [-0.3, -0.25) is 4.72 Å². The molecule has 0 unspecified atom stereocenters. The van der Waals surface area contributed by atoms with Crippen LogP contribution in [0.4, 0.5) is 5.69 Å². The number of hydrogen-bond donors (Lipinski definition) is 2. The Labute approximate surface area is 83.4 Å². The van der Waals surface area contributed by atoms with E-state index in [2.05, 4.69) is 10.0 Å². The molecule has 5 heteroatoms. The topological polar surface area (TPSA) is 58.2 Å². The van der Waals surface area contributed by atoms with Gasteiger partial charge < -0.3 is 5.32 Å². The van der Waals surface area contributed by atoms with Crippen molar-refractivity contribution in [2.75, 3.05) is 17.8 Å². The molecule has 14 heavy (non-hydrogen) atoms. The van der Waals surface area contributed by atoms with Crippen molar-refractivity contribution in [3.8, 4) is 0 Å². The fourth-order valence-electron chi connectivity index (χ4n) is 1.24. The summed E-state index contributed by atoms with van der Waals surface area (Å²) < 4.78 is 25.8. The molecule has 1 aliphatic rings. The fourth-order valence-corrected chi connectivity index (χ4v) is 2.54. The fraction of sp³-hybridized carbons (Fsp3) is 0.333. The number of anilines is 1. The molecule has 1 saturated heterocycles. The molecule has 0 aliphatic carbocycles. The quantitative estimate of drug-likeness (QED) is 0.762. The number of benzene rings is 1. The lowest BCUT2D eigenvalue weighted by Crippen LogP contribution is -2.53. The second-order valence-corrected chi connectivity index (χ2v) is 5.25. The van der Waals surface area contributed by atoms with Crippen molar-refractivity contribution in [2.24, 2.45) is 0 Å². The molecule has 0 spiro atoms. The monoisotopic (exact) mass is 212 g/mol. The molecule has 1 aliphatic heterocycles. The number of para-hydroxylation sites is 1. The van der Waals surface area contributed by atoms with Gasteiger partial charge in [0.25, 0.3) is 0 Å². The van der Waals surface area contributed by atoms with Crippen molar-refractivity contribution in [1.29, 1.82) is 0 Å². The van der Waals surface area contributed by atoms with Gasteiger partial charge >= 0.3 is 0 Å². The van der Waals surface area contributed by atoms with E-state index in [4.69, 9.17) is 0 Å². The Bertz CT molecular complexity index is 398. The molecule has 1 heterocycles. The molecular formula is C9H12N2O2S. The molecule has 0 saturated carbocycles. The molecule has 0 amide bonds. The standard InChI is InChI=1S/C9H12N2O2S/c12-14(13,9-6-10-7-9)11-8-4-2-1-3-5-8/h1-5,9-11H,6-7H2. The van der Waals surface area contributed by atoms with Crippen LogP contribution in [0.25, 0.3) is 0 Å². The van der Waals surface area contributed by atoms with Gasteiger partial charge in [-0.2, -0.15) is 0 Å². The highest BCUT2D eigenvalue weighted by Gasteiger charge is 2.30. The number of rotatable bonds is 3. The van der Waals surface area contributed by atoms with Crippen molar-refractivity contribution < 1.29 is 8.42 Å². The maximum absolute atomic E-state index is 11.6. The van der Waals surface area contributed by atoms with Gasteiger partial charge in [-0.1, -0.05) is 18.2 Å². The molecule has 1 fully saturated rings. The summed E-state index contributed by atoms with van der Waals surface area (Å²) in [4.78, 5) is 0. The Morgan fingerprint density at radius 2 is 1.86 bits per heavy atom. The van der Waals surface area contributed by atoms with Crippen molar-refractivity contribution in [3.63, 3.8) is 0 Å². The average molecular weight is 212 g/mol. The van der Waals surface area contributed by atoms with Crippen LogP contribution in [0.5, 0.6) is 0 Å². The zero-order valence-electron chi connectivity index (χ0n) is 7.60. The third-order valence-electron chi connectivity index (χ3n) is 2.22. The minimum Gasteiger partial charge on any atom is -0.314 e. The van der Waals surface area contributed by atoms with Gasteiger partial charge in [0.2, 0.25) is 10.0 Å². The minimum atomic E-state index is -3.19. The van der Waals surface area contributed by atoms with E-state index in [0.717, 1.165) is 0 Å². The summed E-state index contributed by atoms with van der Waals surface area (Å²) in [7, 11) is -3.19. The van der Waals surface area contributed by atoms with Crippen molar-refractivity contribution in [3.05, 3.63) is 30.3 Å². The van der Waals surface area contributed by atoms with Crippen LogP contribution in [-0.2, 0) is 10.0 Å². The van der Waals surface area contributed by atoms with E-state index in [1.807, 2.05) is 6.07 Å². The smallest absolute Gasteiger partial charge is 0.238 e. The van der Waals surface area contributed by atoms with E-state index >= 15 is 0 Å². The molecule has 4 nitrogen and oxygen atoms in total. The molecule has 1 aromatic rings. The van der Waals surface area contributed by atoms with Crippen LogP contribution >= 0.6 is 0 Å². The zero-order valence-corrected chi connectivity index (χ0v) is 8.42. The number of nitrogens with one attached hydrogen (secondary N) is 2. The van der Waals surface area contributed by atoms with Crippen LogP contribution in [0.1, 0.15) is 0 Å². The predicted molar refractivity (Wildman–Crippen MR) is 55.6 cm³/mol. The summed E-state index contributed by atoms with van der Waals surface area (Å²) in [6.07, 6.45) is 0. The highest BCUT2D eigenvalue weighted by molar-refractivity contribution is 7.93. The van der Waals surface area contributed by atoms with E-state index in [1.165, 1.54) is 0 Å². The zero-order chi connectivity index (χ0) is 10.0. The first-order valence-corrected chi connectivity index (χ1v) is 6.00. The Balaban J connectivity index is 2.10. The first kappa shape index (κ1) is 9.48. The van der Waals surface area contributed by atoms with E-state index < -0.39 is 10.0 Å². The van der Waals surface area contributed by atoms with Crippen LogP contribution in [-0.4, -0.2) is 26.8 Å². The molecule has 0 aromatic heterocycles. The third kappa shape index (κ3) is 1.88. The Morgan fingerprint density at radius 1 is 1.21 bits per heavy atom. The van der Waals surface area contributed by atoms with Gasteiger partial charge in [0.15, 0.2) is 0 Å². The highest BCUT2D eigenvalue weighted by atomic mass is 32.2. The molecule has 2 N–H and O–H groups in total. The molecule has 1 aromatic carbocycles. The van der Waals surface area contributed by atoms with Gasteiger partial charge in [0, 0.05) is 18.8 Å². The van der Waals surface area contributed by atoms with Crippen molar-refractivity contribution in [1.82, 2.24) is 5.32 Å². The van der Waals surface area contributed by atoms with Gasteiger partial charge in [0.1, 0.15) is 5.25 Å². The first-order chi connectivity index (χ1) is 6.68. The molecule has 76 valence electrons. The number of hydrogen-bond acceptors (Lipinski definition) is 3. The predicted octanol–water partition coefficient (Wildman–Crippen LogP) is 0.400. The summed E-state index contributed by atoms with van der Waals surface area (Å²) in [6, 6.07) is 8.93. The summed E-state index contributed by atoms with van der Waals surface area (Å²) in [5.41, 5.74) is 0.624. The van der Waals surface area contributed by atoms with Gasteiger partial charge in [-0.15, -0.1) is 0 Å². The molecule has 2 rings (SSSR count). The van der Waals surface area contributed by atoms with E-state index in [9.17, 15) is 8.42 Å². The summed E-state index contributed by atoms with van der Waals surface area (Å²) >= 11 is 0. The minimum absolute atomic E-state index is 0.289. The maximum Gasteiger partial charge on any atom is 0.238 e. The van der Waals surface area contributed by atoms with E-state index in [-0.39, 0.29) is 5.25 Å². The van der Waals surface area contributed by atoms with Crippen LogP contribution in [0, 0.1) is 0 Å². The van der Waals surface area contributed by atoms with Crippen LogP contribution < -0.4 is 10.0 Å². The Hall–Kier alpha value is -1.07. The molecule has 0 atom stereocenters. The van der Waals surface area contributed by atoms with Crippen LogP contribution in [0.2, 0.25) is 0 Å². The van der Waals surface area contributed by atoms with E-state index in [1.54, 1.807) is 24.3 Å². The highest BCUT2D eigenvalue weighted by Crippen LogP contribution is 2.13. The van der Waals surface area contributed by atoms with Crippen molar-refractivity contribution in [2.45, 2.75) is 5.25 Å². The van der Waals surface area contributed by atoms with E-state index in [0.29, 0.717) is 18.8 Å². The Kier molecular flexibility index (Phi) is 2.43. The second kappa shape index (κ2) is 3.59. The molecular weight excluding hydrogens is 200 g/mol. The molecule has 0 bridgehead atoms.